The Morgan fingerprint density at radius 3 is 2.24 bits per heavy atom. The van der Waals surface area contributed by atoms with Gasteiger partial charge >= 0.3 is 0 Å². The van der Waals surface area contributed by atoms with Crippen LogP contribution in [0.15, 0.2) is 95.9 Å². The lowest BCUT2D eigenvalue weighted by atomic mass is 10.1. The van der Waals surface area contributed by atoms with Gasteiger partial charge in [-0.25, -0.2) is 8.42 Å². The molecule has 0 aromatic heterocycles. The smallest absolute Gasteiger partial charge is 0.261 e. The van der Waals surface area contributed by atoms with Crippen molar-refractivity contribution in [1.82, 2.24) is 4.90 Å². The van der Waals surface area contributed by atoms with Gasteiger partial charge in [-0.1, -0.05) is 42.3 Å². The summed E-state index contributed by atoms with van der Waals surface area (Å²) in [6.45, 7) is 7.14. The van der Waals surface area contributed by atoms with Crippen LogP contribution in [-0.4, -0.2) is 51.9 Å². The van der Waals surface area contributed by atoms with Crippen molar-refractivity contribution in [3.05, 3.63) is 107 Å². The average molecular weight is 626 g/mol. The molecule has 0 bridgehead atoms. The highest BCUT2D eigenvalue weighted by atomic mass is 35.5. The fourth-order valence-electron chi connectivity index (χ4n) is 4.61. The zero-order valence-electron chi connectivity index (χ0n) is 22.9. The van der Waals surface area contributed by atoms with Crippen LogP contribution in [0.25, 0.3) is 0 Å². The molecule has 0 unspecified atom stereocenters. The number of amides is 1. The molecule has 0 atom stereocenters. The Hall–Kier alpha value is -3.76. The maximum atomic E-state index is 13.3. The molecule has 1 heterocycles. The minimum absolute atomic E-state index is 0.00863. The van der Waals surface area contributed by atoms with Crippen molar-refractivity contribution in [3.8, 4) is 11.5 Å². The molecule has 42 heavy (non-hydrogen) atoms. The van der Waals surface area contributed by atoms with Crippen LogP contribution in [0.2, 0.25) is 10.0 Å². The number of likely N-dealkylation sites (N-methyl/N-ethyl adjacent to an activating group) is 1. The lowest BCUT2D eigenvalue weighted by molar-refractivity contribution is 0.102. The third-order valence-corrected chi connectivity index (χ3v) is 8.91. The summed E-state index contributed by atoms with van der Waals surface area (Å²) in [5, 5.41) is 3.58. The van der Waals surface area contributed by atoms with E-state index in [1.807, 2.05) is 24.3 Å². The van der Waals surface area contributed by atoms with Crippen LogP contribution in [0.5, 0.6) is 11.5 Å². The lowest BCUT2D eigenvalue weighted by Crippen LogP contribution is -2.46. The maximum Gasteiger partial charge on any atom is 0.261 e. The molecule has 1 aliphatic heterocycles. The average Bonchev–Trinajstić information content (AvgIpc) is 3.00. The number of hydrogen-bond donors (Lipinski definition) is 2. The summed E-state index contributed by atoms with van der Waals surface area (Å²) in [4.78, 5) is 18.0. The van der Waals surface area contributed by atoms with E-state index in [-0.39, 0.29) is 16.1 Å². The first-order chi connectivity index (χ1) is 20.2. The Kier molecular flexibility index (Phi) is 9.23. The van der Waals surface area contributed by atoms with Crippen LogP contribution in [0, 0.1) is 0 Å². The molecule has 8 nitrogen and oxygen atoms in total. The van der Waals surface area contributed by atoms with E-state index in [1.165, 1.54) is 42.5 Å². The number of rotatable bonds is 9. The number of ether oxygens (including phenoxy) is 1. The summed E-state index contributed by atoms with van der Waals surface area (Å²) < 4.78 is 34.7. The van der Waals surface area contributed by atoms with Crippen LogP contribution < -0.4 is 19.7 Å². The van der Waals surface area contributed by atoms with Gasteiger partial charge in [0.2, 0.25) is 0 Å². The first-order valence-electron chi connectivity index (χ1n) is 13.5. The van der Waals surface area contributed by atoms with Crippen LogP contribution >= 0.6 is 23.2 Å². The third kappa shape index (κ3) is 7.17. The molecule has 0 saturated carbocycles. The van der Waals surface area contributed by atoms with E-state index in [0.717, 1.165) is 38.4 Å². The Morgan fingerprint density at radius 2 is 1.57 bits per heavy atom. The molecule has 1 aliphatic rings. The van der Waals surface area contributed by atoms with Crippen LogP contribution in [0.4, 0.5) is 17.1 Å². The fraction of sp³-hybridized carbons (Fsp3) is 0.194. The number of para-hydroxylation sites is 1. The second-order valence-electron chi connectivity index (χ2n) is 9.72. The Bertz CT molecular complexity index is 1660. The van der Waals surface area contributed by atoms with E-state index < -0.39 is 15.9 Å². The molecule has 4 aromatic rings. The van der Waals surface area contributed by atoms with Crippen molar-refractivity contribution in [1.29, 1.82) is 0 Å². The van der Waals surface area contributed by atoms with E-state index >= 15 is 0 Å². The number of sulfonamides is 1. The molecule has 4 aromatic carbocycles. The van der Waals surface area contributed by atoms with Gasteiger partial charge in [0.15, 0.2) is 0 Å². The second kappa shape index (κ2) is 13.0. The number of carbonyl (C=O) groups excluding carboxylic acids is 1. The number of halogens is 2. The first kappa shape index (κ1) is 29.7. The normalized spacial score (nSPS) is 13.9. The minimum atomic E-state index is -4.04. The van der Waals surface area contributed by atoms with Gasteiger partial charge in [-0.2, -0.15) is 0 Å². The summed E-state index contributed by atoms with van der Waals surface area (Å²) in [6.07, 6.45) is 0. The molecule has 5 rings (SSSR count). The highest BCUT2D eigenvalue weighted by Gasteiger charge is 2.21. The topological polar surface area (TPSA) is 91.0 Å². The fourth-order valence-corrected chi connectivity index (χ4v) is 6.04. The van der Waals surface area contributed by atoms with Crippen LogP contribution in [0.3, 0.4) is 0 Å². The Balaban J connectivity index is 1.27. The summed E-state index contributed by atoms with van der Waals surface area (Å²) in [7, 11) is -4.04. The quantitative estimate of drug-likeness (QED) is 0.209. The Labute approximate surface area is 255 Å². The predicted molar refractivity (Wildman–Crippen MR) is 169 cm³/mol. The van der Waals surface area contributed by atoms with Gasteiger partial charge in [0.25, 0.3) is 15.9 Å². The molecule has 0 aliphatic carbocycles. The number of nitrogens with zero attached hydrogens (tertiary/aromatic N) is 2. The molecule has 1 saturated heterocycles. The summed E-state index contributed by atoms with van der Waals surface area (Å²) in [5.41, 5.74) is 1.85. The van der Waals surface area contributed by atoms with Gasteiger partial charge in [0, 0.05) is 42.6 Å². The zero-order chi connectivity index (χ0) is 29.7. The van der Waals surface area contributed by atoms with Crippen molar-refractivity contribution in [2.24, 2.45) is 0 Å². The summed E-state index contributed by atoms with van der Waals surface area (Å²) in [6, 6.07) is 24.9. The first-order valence-corrected chi connectivity index (χ1v) is 15.7. The molecule has 0 radical (unpaired) electrons. The maximum absolute atomic E-state index is 13.3. The molecular formula is C31H30Cl2N4O4S. The van der Waals surface area contributed by atoms with E-state index in [4.69, 9.17) is 27.9 Å². The molecule has 11 heteroatoms. The highest BCUT2D eigenvalue weighted by Crippen LogP contribution is 2.30. The van der Waals surface area contributed by atoms with Gasteiger partial charge < -0.3 is 19.9 Å². The lowest BCUT2D eigenvalue weighted by Gasteiger charge is -2.35. The summed E-state index contributed by atoms with van der Waals surface area (Å²) >= 11 is 12.3. The standard InChI is InChI=1S/C31H30Cl2N4O4S/c1-2-36-17-19-37(20-18-36)24-10-8-23(9-11-24)34-31(38)27-21-22(32)7-16-29(27)35-42(39,40)26-14-12-25(13-15-26)41-30-6-4-3-5-28(30)33/h3-16,21,35H,2,17-20H2,1H3,(H,34,38). The van der Waals surface area contributed by atoms with Gasteiger partial charge in [0.05, 0.1) is 21.2 Å². The molecule has 2 N–H and O–H groups in total. The van der Waals surface area contributed by atoms with Crippen molar-refractivity contribution >= 4 is 56.2 Å². The summed E-state index contributed by atoms with van der Waals surface area (Å²) in [5.74, 6) is 0.375. The van der Waals surface area contributed by atoms with Crippen molar-refractivity contribution < 1.29 is 17.9 Å². The molecule has 1 fully saturated rings. The van der Waals surface area contributed by atoms with E-state index in [0.29, 0.717) is 27.2 Å². The number of nitrogens with one attached hydrogen (secondary N) is 2. The Morgan fingerprint density at radius 1 is 0.881 bits per heavy atom. The van der Waals surface area contributed by atoms with Gasteiger partial charge in [-0.05, 0) is 85.4 Å². The third-order valence-electron chi connectivity index (χ3n) is 6.98. The number of piperazine rings is 1. The monoisotopic (exact) mass is 624 g/mol. The zero-order valence-corrected chi connectivity index (χ0v) is 25.2. The number of hydrogen-bond acceptors (Lipinski definition) is 6. The molecule has 1 amide bonds. The van der Waals surface area contributed by atoms with E-state index in [9.17, 15) is 13.2 Å². The SMILES string of the molecule is CCN1CCN(c2ccc(NC(=O)c3cc(Cl)ccc3NS(=O)(=O)c3ccc(Oc4ccccc4Cl)cc3)cc2)CC1. The number of benzene rings is 4. The van der Waals surface area contributed by atoms with Gasteiger partial charge in [0.1, 0.15) is 11.5 Å². The van der Waals surface area contributed by atoms with Crippen molar-refractivity contribution in [2.45, 2.75) is 11.8 Å². The molecule has 0 spiro atoms. The van der Waals surface area contributed by atoms with E-state index in [1.54, 1.807) is 24.3 Å². The van der Waals surface area contributed by atoms with Gasteiger partial charge in [-0.3, -0.25) is 9.52 Å². The van der Waals surface area contributed by atoms with Crippen molar-refractivity contribution in [2.75, 3.05) is 47.7 Å². The second-order valence-corrected chi connectivity index (χ2v) is 12.2. The predicted octanol–water partition coefficient (Wildman–Crippen LogP) is 6.98. The largest absolute Gasteiger partial charge is 0.456 e. The van der Waals surface area contributed by atoms with Gasteiger partial charge in [-0.15, -0.1) is 0 Å². The highest BCUT2D eigenvalue weighted by molar-refractivity contribution is 7.92. The van der Waals surface area contributed by atoms with E-state index in [2.05, 4.69) is 26.8 Å². The molecular weight excluding hydrogens is 595 g/mol. The molecule has 218 valence electrons. The van der Waals surface area contributed by atoms with Crippen molar-refractivity contribution in [3.63, 3.8) is 0 Å². The number of anilines is 3. The van der Waals surface area contributed by atoms with Crippen LogP contribution in [-0.2, 0) is 10.0 Å². The van der Waals surface area contributed by atoms with Crippen LogP contribution in [0.1, 0.15) is 17.3 Å². The number of carbonyl (C=O) groups is 1. The minimum Gasteiger partial charge on any atom is -0.456 e.